The lowest BCUT2D eigenvalue weighted by atomic mass is 9.78. The van der Waals surface area contributed by atoms with Gasteiger partial charge in [0.05, 0.1) is 24.6 Å². The maximum Gasteiger partial charge on any atom is 0.573 e. The van der Waals surface area contributed by atoms with Crippen LogP contribution in [0.3, 0.4) is 0 Å². The van der Waals surface area contributed by atoms with E-state index in [1.165, 1.54) is 12.1 Å². The molecule has 43 heavy (non-hydrogen) atoms. The highest BCUT2D eigenvalue weighted by atomic mass is 19.4. The summed E-state index contributed by atoms with van der Waals surface area (Å²) < 4.78 is 74.8. The number of ether oxygens (including phenoxy) is 2. The highest BCUT2D eigenvalue weighted by Gasteiger charge is 2.33. The molecule has 0 saturated carbocycles. The predicted octanol–water partition coefficient (Wildman–Crippen LogP) is 6.85. The summed E-state index contributed by atoms with van der Waals surface area (Å²) in [7, 11) is 0. The van der Waals surface area contributed by atoms with Crippen molar-refractivity contribution in [3.63, 3.8) is 0 Å². The average molecular weight is 607 g/mol. The molecule has 12 heteroatoms. The van der Waals surface area contributed by atoms with Crippen molar-refractivity contribution in [3.8, 4) is 5.75 Å². The number of carbonyl (C=O) groups excluding carboxylic acids is 3. The zero-order valence-corrected chi connectivity index (χ0v) is 23.5. The first-order valence-electron chi connectivity index (χ1n) is 13.6. The Kier molecular flexibility index (Phi) is 11.6. The highest BCUT2D eigenvalue weighted by Crippen LogP contribution is 2.39. The number of anilines is 1. The van der Waals surface area contributed by atoms with Crippen LogP contribution in [0, 0.1) is 11.6 Å². The molecular weight excluding hydrogens is 575 g/mol. The van der Waals surface area contributed by atoms with Crippen molar-refractivity contribution in [1.82, 2.24) is 5.32 Å². The molecule has 0 aliphatic heterocycles. The van der Waals surface area contributed by atoms with Gasteiger partial charge in [-0.25, -0.2) is 8.78 Å². The van der Waals surface area contributed by atoms with Crippen molar-refractivity contribution in [2.45, 2.75) is 51.3 Å². The van der Waals surface area contributed by atoms with E-state index >= 15 is 0 Å². The molecule has 2 N–H and O–H groups in total. The van der Waals surface area contributed by atoms with Gasteiger partial charge in [0, 0.05) is 18.2 Å². The summed E-state index contributed by atoms with van der Waals surface area (Å²) in [6.07, 6.45) is -3.86. The Bertz CT molecular complexity index is 1400. The third-order valence-corrected chi connectivity index (χ3v) is 6.47. The number of rotatable bonds is 13. The van der Waals surface area contributed by atoms with E-state index in [-0.39, 0.29) is 25.3 Å². The lowest BCUT2D eigenvalue weighted by molar-refractivity contribution is -0.274. The fourth-order valence-electron chi connectivity index (χ4n) is 4.58. The van der Waals surface area contributed by atoms with Gasteiger partial charge in [-0.1, -0.05) is 37.6 Å². The summed E-state index contributed by atoms with van der Waals surface area (Å²) in [6, 6.07) is 13.9. The van der Waals surface area contributed by atoms with Crippen LogP contribution in [0.4, 0.5) is 27.6 Å². The van der Waals surface area contributed by atoms with Gasteiger partial charge in [0.1, 0.15) is 17.4 Å². The molecule has 3 aromatic rings. The number of alkyl halides is 3. The van der Waals surface area contributed by atoms with Gasteiger partial charge in [-0.05, 0) is 66.8 Å². The number of hydrogen-bond donors (Lipinski definition) is 2. The van der Waals surface area contributed by atoms with Crippen LogP contribution in [0.25, 0.3) is 0 Å². The SMILES string of the molecule is CCC[C@@H](c1ccc(C(=O)NCCC(=O)OCC)cc1)[C@H](C(=O)Nc1ccc(F)cc1F)c1ccc(OC(F)(F)F)cc1. The van der Waals surface area contributed by atoms with Crippen LogP contribution in [0.15, 0.2) is 66.7 Å². The maximum absolute atomic E-state index is 14.4. The number of carbonyl (C=O) groups is 3. The summed E-state index contributed by atoms with van der Waals surface area (Å²) in [5.41, 5.74) is 0.999. The Hall–Kier alpha value is -4.48. The first-order valence-corrected chi connectivity index (χ1v) is 13.6. The monoisotopic (exact) mass is 606 g/mol. The largest absolute Gasteiger partial charge is 0.573 e. The normalized spacial score (nSPS) is 12.6. The molecule has 0 spiro atoms. The van der Waals surface area contributed by atoms with Crippen LogP contribution < -0.4 is 15.4 Å². The Balaban J connectivity index is 1.91. The van der Waals surface area contributed by atoms with Crippen LogP contribution in [0.2, 0.25) is 0 Å². The number of esters is 1. The molecule has 0 radical (unpaired) electrons. The summed E-state index contributed by atoms with van der Waals surface area (Å²) in [6.45, 7) is 3.87. The molecule has 0 aliphatic rings. The summed E-state index contributed by atoms with van der Waals surface area (Å²) in [5.74, 6) is -5.42. The predicted molar refractivity (Wildman–Crippen MR) is 149 cm³/mol. The number of amides is 2. The van der Waals surface area contributed by atoms with Crippen molar-refractivity contribution in [3.05, 3.63) is 95.1 Å². The van der Waals surface area contributed by atoms with Crippen molar-refractivity contribution in [2.75, 3.05) is 18.5 Å². The lowest BCUT2D eigenvalue weighted by Gasteiger charge is -2.28. The second-order valence-electron chi connectivity index (χ2n) is 9.54. The van der Waals surface area contributed by atoms with Crippen molar-refractivity contribution < 1.29 is 45.8 Å². The smallest absolute Gasteiger partial charge is 0.466 e. The minimum atomic E-state index is -4.91. The van der Waals surface area contributed by atoms with Crippen LogP contribution >= 0.6 is 0 Å². The van der Waals surface area contributed by atoms with E-state index in [1.54, 1.807) is 31.2 Å². The average Bonchev–Trinajstić information content (AvgIpc) is 2.94. The van der Waals surface area contributed by atoms with Gasteiger partial charge in [0.2, 0.25) is 5.91 Å². The number of nitrogens with one attached hydrogen (secondary N) is 2. The van der Waals surface area contributed by atoms with E-state index in [0.29, 0.717) is 35.6 Å². The molecule has 2 atom stereocenters. The molecule has 7 nitrogen and oxygen atoms in total. The van der Waals surface area contributed by atoms with E-state index in [0.717, 1.165) is 24.3 Å². The Morgan fingerprint density at radius 2 is 1.53 bits per heavy atom. The van der Waals surface area contributed by atoms with E-state index in [1.807, 2.05) is 6.92 Å². The fourth-order valence-corrected chi connectivity index (χ4v) is 4.58. The molecule has 3 aromatic carbocycles. The van der Waals surface area contributed by atoms with Gasteiger partial charge in [-0.15, -0.1) is 13.2 Å². The van der Waals surface area contributed by atoms with Crippen molar-refractivity contribution in [1.29, 1.82) is 0 Å². The molecule has 0 fully saturated rings. The molecule has 0 aliphatic carbocycles. The maximum atomic E-state index is 14.4. The van der Waals surface area contributed by atoms with Crippen LogP contribution in [-0.4, -0.2) is 37.3 Å². The quantitative estimate of drug-likeness (QED) is 0.164. The summed E-state index contributed by atoms with van der Waals surface area (Å²) in [5, 5.41) is 5.10. The zero-order valence-electron chi connectivity index (χ0n) is 23.5. The summed E-state index contributed by atoms with van der Waals surface area (Å²) >= 11 is 0. The van der Waals surface area contributed by atoms with Crippen molar-refractivity contribution in [2.24, 2.45) is 0 Å². The number of benzene rings is 3. The molecule has 0 bridgehead atoms. The Morgan fingerprint density at radius 1 is 0.884 bits per heavy atom. The van der Waals surface area contributed by atoms with Gasteiger partial charge >= 0.3 is 12.3 Å². The molecule has 2 amide bonds. The van der Waals surface area contributed by atoms with Gasteiger partial charge in [-0.3, -0.25) is 14.4 Å². The lowest BCUT2D eigenvalue weighted by Crippen LogP contribution is -2.28. The van der Waals surface area contributed by atoms with E-state index in [9.17, 15) is 36.3 Å². The number of hydrogen-bond acceptors (Lipinski definition) is 5. The standard InChI is InChI=1S/C31H31F5N2O5/c1-3-5-24(19-6-8-21(9-7-19)29(40)37-17-16-27(39)42-4-2)28(20-10-13-23(14-11-20)43-31(34,35)36)30(41)38-26-15-12-22(32)18-25(26)33/h6-15,18,24,28H,3-5,16-17H2,1-2H3,(H,37,40)(H,38,41)/t24-,28+/m0/s1. The molecule has 230 valence electrons. The van der Waals surface area contributed by atoms with Crippen LogP contribution in [0.1, 0.15) is 66.4 Å². The molecule has 0 aromatic heterocycles. The van der Waals surface area contributed by atoms with Gasteiger partial charge in [-0.2, -0.15) is 0 Å². The molecule has 0 saturated heterocycles. The number of halogens is 5. The first-order chi connectivity index (χ1) is 20.4. The fraction of sp³-hybridized carbons (Fsp3) is 0.323. The van der Waals surface area contributed by atoms with E-state index in [2.05, 4.69) is 15.4 Å². The molecule has 0 heterocycles. The van der Waals surface area contributed by atoms with Crippen LogP contribution in [0.5, 0.6) is 5.75 Å². The Labute approximate surface area is 245 Å². The molecular formula is C31H31F5N2O5. The van der Waals surface area contributed by atoms with Gasteiger partial charge in [0.15, 0.2) is 0 Å². The van der Waals surface area contributed by atoms with E-state index < -0.39 is 53.4 Å². The molecule has 0 unspecified atom stereocenters. The van der Waals surface area contributed by atoms with Crippen molar-refractivity contribution >= 4 is 23.5 Å². The molecule has 3 rings (SSSR count). The summed E-state index contributed by atoms with van der Waals surface area (Å²) in [4.78, 5) is 37.7. The third-order valence-electron chi connectivity index (χ3n) is 6.47. The second-order valence-corrected chi connectivity index (χ2v) is 9.54. The van der Waals surface area contributed by atoms with Crippen LogP contribution in [-0.2, 0) is 14.3 Å². The highest BCUT2D eigenvalue weighted by molar-refractivity contribution is 5.97. The third kappa shape index (κ3) is 9.79. The topological polar surface area (TPSA) is 93.7 Å². The Morgan fingerprint density at radius 3 is 2.12 bits per heavy atom. The second kappa shape index (κ2) is 15.1. The van der Waals surface area contributed by atoms with Gasteiger partial charge in [0.25, 0.3) is 5.91 Å². The first kappa shape index (κ1) is 33.0. The minimum absolute atomic E-state index is 0.00841. The zero-order chi connectivity index (χ0) is 31.6. The van der Waals surface area contributed by atoms with Gasteiger partial charge < -0.3 is 20.1 Å². The van der Waals surface area contributed by atoms with E-state index in [4.69, 9.17) is 4.74 Å². The minimum Gasteiger partial charge on any atom is -0.466 e.